The normalized spacial score (nSPS) is 16.6. The molecule has 0 bridgehead atoms. The summed E-state index contributed by atoms with van der Waals surface area (Å²) in [7, 11) is 1.86. The number of ether oxygens (including phenoxy) is 1. The van der Waals surface area contributed by atoms with E-state index in [2.05, 4.69) is 0 Å². The molecule has 0 atom stereocenters. The average molecular weight is 293 g/mol. The van der Waals surface area contributed by atoms with Crippen LogP contribution in [-0.2, 0) is 4.79 Å². The molecule has 0 saturated heterocycles. The number of carbonyl (C=O) groups excluding carboxylic acids is 1. The summed E-state index contributed by atoms with van der Waals surface area (Å²) >= 11 is 0. The lowest BCUT2D eigenvalue weighted by Crippen LogP contribution is -2.51. The third-order valence-electron chi connectivity index (χ3n) is 4.14. The Hall–Kier alpha value is -1.58. The topological polar surface area (TPSA) is 29.5 Å². The van der Waals surface area contributed by atoms with Crippen molar-refractivity contribution in [1.82, 2.24) is 4.90 Å². The first-order valence-electron chi connectivity index (χ1n) is 7.62. The van der Waals surface area contributed by atoms with Crippen molar-refractivity contribution in [3.05, 3.63) is 30.1 Å². The van der Waals surface area contributed by atoms with Crippen LogP contribution in [0.2, 0.25) is 0 Å². The molecular weight excluding hydrogens is 269 g/mol. The zero-order valence-electron chi connectivity index (χ0n) is 13.1. The number of benzene rings is 1. The molecule has 116 valence electrons. The number of hydrogen-bond donors (Lipinski definition) is 0. The van der Waals surface area contributed by atoms with Gasteiger partial charge in [-0.2, -0.15) is 0 Å². The van der Waals surface area contributed by atoms with Crippen LogP contribution >= 0.6 is 0 Å². The zero-order valence-corrected chi connectivity index (χ0v) is 13.1. The van der Waals surface area contributed by atoms with Crippen molar-refractivity contribution in [1.29, 1.82) is 0 Å². The fourth-order valence-corrected chi connectivity index (χ4v) is 2.90. The highest BCUT2D eigenvalue weighted by Gasteiger charge is 2.35. The molecule has 0 spiro atoms. The molecule has 0 N–H and O–H groups in total. The molecule has 1 saturated carbocycles. The zero-order chi connectivity index (χ0) is 15.5. The van der Waals surface area contributed by atoms with Crippen molar-refractivity contribution in [3.8, 4) is 5.75 Å². The smallest absolute Gasteiger partial charge is 0.266 e. The molecule has 1 aliphatic rings. The van der Waals surface area contributed by atoms with Gasteiger partial charge >= 0.3 is 0 Å². The standard InChI is InChI=1S/C17H24FNO2/c1-17(2,21-15-11-9-13(18)10-12-15)16(20)19(3)14-7-5-4-6-8-14/h9-12,14H,4-8H2,1-3H3. The monoisotopic (exact) mass is 293 g/mol. The predicted octanol–water partition coefficient (Wildman–Crippen LogP) is 3.77. The van der Waals surface area contributed by atoms with Gasteiger partial charge in [0, 0.05) is 13.1 Å². The largest absolute Gasteiger partial charge is 0.478 e. The summed E-state index contributed by atoms with van der Waals surface area (Å²) in [5.74, 6) is 0.163. The van der Waals surface area contributed by atoms with Gasteiger partial charge in [-0.05, 0) is 51.0 Å². The molecule has 0 aliphatic heterocycles. The Balaban J connectivity index is 2.03. The van der Waals surface area contributed by atoms with Crippen molar-refractivity contribution in [2.75, 3.05) is 7.05 Å². The minimum absolute atomic E-state index is 0.0290. The molecule has 2 rings (SSSR count). The summed E-state index contributed by atoms with van der Waals surface area (Å²) in [6, 6.07) is 6.07. The quantitative estimate of drug-likeness (QED) is 0.845. The Morgan fingerprint density at radius 3 is 2.33 bits per heavy atom. The molecule has 1 aliphatic carbocycles. The van der Waals surface area contributed by atoms with E-state index in [-0.39, 0.29) is 11.7 Å². The number of halogens is 1. The van der Waals surface area contributed by atoms with Gasteiger partial charge in [0.1, 0.15) is 11.6 Å². The van der Waals surface area contributed by atoms with Crippen LogP contribution < -0.4 is 4.74 Å². The van der Waals surface area contributed by atoms with Gasteiger partial charge in [-0.3, -0.25) is 4.79 Å². The van der Waals surface area contributed by atoms with Gasteiger partial charge < -0.3 is 9.64 Å². The van der Waals surface area contributed by atoms with Gasteiger partial charge in [0.25, 0.3) is 5.91 Å². The van der Waals surface area contributed by atoms with Gasteiger partial charge in [-0.25, -0.2) is 4.39 Å². The van der Waals surface area contributed by atoms with Crippen molar-refractivity contribution in [2.45, 2.75) is 57.6 Å². The number of carbonyl (C=O) groups is 1. The van der Waals surface area contributed by atoms with Crippen LogP contribution in [0, 0.1) is 5.82 Å². The Labute approximate surface area is 126 Å². The Morgan fingerprint density at radius 1 is 1.19 bits per heavy atom. The number of hydrogen-bond acceptors (Lipinski definition) is 2. The van der Waals surface area contributed by atoms with E-state index < -0.39 is 5.60 Å². The van der Waals surface area contributed by atoms with Crippen LogP contribution in [0.4, 0.5) is 4.39 Å². The molecule has 1 fully saturated rings. The third-order valence-corrected chi connectivity index (χ3v) is 4.14. The van der Waals surface area contributed by atoms with Crippen LogP contribution in [-0.4, -0.2) is 29.5 Å². The van der Waals surface area contributed by atoms with Gasteiger partial charge in [0.2, 0.25) is 0 Å². The summed E-state index contributed by atoms with van der Waals surface area (Å²) in [6.45, 7) is 3.52. The fraction of sp³-hybridized carbons (Fsp3) is 0.588. The van der Waals surface area contributed by atoms with Crippen LogP contribution in [0.5, 0.6) is 5.75 Å². The third kappa shape index (κ3) is 3.96. The van der Waals surface area contributed by atoms with E-state index in [1.807, 2.05) is 11.9 Å². The summed E-state index contributed by atoms with van der Waals surface area (Å²) in [5, 5.41) is 0. The molecule has 21 heavy (non-hydrogen) atoms. The van der Waals surface area contributed by atoms with Crippen molar-refractivity contribution >= 4 is 5.91 Å². The second-order valence-electron chi connectivity index (χ2n) is 6.27. The summed E-state index contributed by atoms with van der Waals surface area (Å²) in [6.07, 6.45) is 5.75. The minimum Gasteiger partial charge on any atom is -0.478 e. The Bertz CT molecular complexity index is 478. The number of amides is 1. The van der Waals surface area contributed by atoms with Crippen LogP contribution in [0.1, 0.15) is 46.0 Å². The number of nitrogens with zero attached hydrogens (tertiary/aromatic N) is 1. The average Bonchev–Trinajstić information content (AvgIpc) is 2.49. The minimum atomic E-state index is -0.954. The van der Waals surface area contributed by atoms with E-state index >= 15 is 0 Å². The molecule has 4 heteroatoms. The number of rotatable bonds is 4. The molecule has 3 nitrogen and oxygen atoms in total. The van der Waals surface area contributed by atoms with E-state index in [9.17, 15) is 9.18 Å². The maximum Gasteiger partial charge on any atom is 0.266 e. The highest BCUT2D eigenvalue weighted by molar-refractivity contribution is 5.84. The Kier molecular flexibility index (Phi) is 4.86. The second kappa shape index (κ2) is 6.46. The maximum atomic E-state index is 12.9. The second-order valence-corrected chi connectivity index (χ2v) is 6.27. The highest BCUT2D eigenvalue weighted by atomic mass is 19.1. The lowest BCUT2D eigenvalue weighted by molar-refractivity contribution is -0.146. The predicted molar refractivity (Wildman–Crippen MR) is 80.8 cm³/mol. The molecule has 0 aromatic heterocycles. The van der Waals surface area contributed by atoms with Crippen molar-refractivity contribution in [2.24, 2.45) is 0 Å². The molecule has 0 unspecified atom stereocenters. The lowest BCUT2D eigenvalue weighted by Gasteiger charge is -2.36. The Morgan fingerprint density at radius 2 is 1.76 bits per heavy atom. The van der Waals surface area contributed by atoms with Crippen molar-refractivity contribution in [3.63, 3.8) is 0 Å². The van der Waals surface area contributed by atoms with Crippen LogP contribution in [0.25, 0.3) is 0 Å². The molecule has 0 heterocycles. The first-order chi connectivity index (χ1) is 9.90. The molecule has 0 radical (unpaired) electrons. The SMILES string of the molecule is CN(C(=O)C(C)(C)Oc1ccc(F)cc1)C1CCCCC1. The summed E-state index contributed by atoms with van der Waals surface area (Å²) in [4.78, 5) is 14.5. The first-order valence-corrected chi connectivity index (χ1v) is 7.62. The van der Waals surface area contributed by atoms with Gasteiger partial charge in [0.15, 0.2) is 5.60 Å². The van der Waals surface area contributed by atoms with E-state index in [1.165, 1.54) is 31.4 Å². The van der Waals surface area contributed by atoms with E-state index in [4.69, 9.17) is 4.74 Å². The fourth-order valence-electron chi connectivity index (χ4n) is 2.90. The van der Waals surface area contributed by atoms with Gasteiger partial charge in [-0.15, -0.1) is 0 Å². The van der Waals surface area contributed by atoms with E-state index in [0.29, 0.717) is 11.8 Å². The van der Waals surface area contributed by atoms with Crippen LogP contribution in [0.15, 0.2) is 24.3 Å². The number of likely N-dealkylation sites (N-methyl/N-ethyl adjacent to an activating group) is 1. The van der Waals surface area contributed by atoms with Gasteiger partial charge in [-0.1, -0.05) is 19.3 Å². The molecule has 1 aromatic rings. The maximum absolute atomic E-state index is 12.9. The van der Waals surface area contributed by atoms with Crippen LogP contribution in [0.3, 0.4) is 0 Å². The van der Waals surface area contributed by atoms with Gasteiger partial charge in [0.05, 0.1) is 0 Å². The summed E-state index contributed by atoms with van der Waals surface area (Å²) < 4.78 is 18.7. The molecule has 1 aromatic carbocycles. The molecule has 1 amide bonds. The summed E-state index contributed by atoms with van der Waals surface area (Å²) in [5.41, 5.74) is -0.954. The van der Waals surface area contributed by atoms with E-state index in [0.717, 1.165) is 12.8 Å². The van der Waals surface area contributed by atoms with Crippen molar-refractivity contribution < 1.29 is 13.9 Å². The molecular formula is C17H24FNO2. The highest BCUT2D eigenvalue weighted by Crippen LogP contribution is 2.26. The van der Waals surface area contributed by atoms with E-state index in [1.54, 1.807) is 26.0 Å². The lowest BCUT2D eigenvalue weighted by atomic mass is 9.93. The first kappa shape index (κ1) is 15.8.